The number of ether oxygens (including phenoxy) is 1. The molecule has 3 rings (SSSR count). The number of benzene rings is 2. The number of para-hydroxylation sites is 1. The van der Waals surface area contributed by atoms with Crippen molar-refractivity contribution in [1.82, 2.24) is 4.90 Å². The van der Waals surface area contributed by atoms with Crippen molar-refractivity contribution in [3.05, 3.63) is 54.1 Å². The summed E-state index contributed by atoms with van der Waals surface area (Å²) in [4.78, 5) is 17.1. The number of piperazine rings is 1. The molecule has 132 valence electrons. The first-order valence-electron chi connectivity index (χ1n) is 8.66. The summed E-state index contributed by atoms with van der Waals surface area (Å²) in [6, 6.07) is 15.7. The molecule has 1 saturated heterocycles. The average molecular weight is 339 g/mol. The second kappa shape index (κ2) is 8.03. The lowest BCUT2D eigenvalue weighted by Gasteiger charge is -2.36. The topological polar surface area (TPSA) is 58.8 Å². The fraction of sp³-hybridized carbons (Fsp3) is 0.350. The Bertz CT molecular complexity index is 710. The largest absolute Gasteiger partial charge is 0.495 e. The molecule has 0 bridgehead atoms. The van der Waals surface area contributed by atoms with Crippen molar-refractivity contribution in [3.8, 4) is 5.75 Å². The smallest absolute Gasteiger partial charge is 0.164 e. The van der Waals surface area contributed by atoms with Crippen molar-refractivity contribution in [3.63, 3.8) is 0 Å². The molecule has 2 aromatic carbocycles. The van der Waals surface area contributed by atoms with Crippen LogP contribution < -0.4 is 15.4 Å². The van der Waals surface area contributed by atoms with Crippen LogP contribution in [0.5, 0.6) is 5.75 Å². The zero-order chi connectivity index (χ0) is 17.6. The Hall–Kier alpha value is -2.53. The Balaban J connectivity index is 1.48. The summed E-state index contributed by atoms with van der Waals surface area (Å²) in [6.45, 7) is 4.73. The number of anilines is 2. The van der Waals surface area contributed by atoms with E-state index < -0.39 is 0 Å². The van der Waals surface area contributed by atoms with Crippen LogP contribution in [0.2, 0.25) is 0 Å². The molecule has 1 aliphatic rings. The predicted octanol–water partition coefficient (Wildman–Crippen LogP) is 2.67. The number of hydrogen-bond acceptors (Lipinski definition) is 5. The molecular formula is C20H25N3O2. The molecule has 0 amide bonds. The number of carbonyl (C=O) groups is 1. The first kappa shape index (κ1) is 17.3. The standard InChI is InChI=1S/C20H25N3O2/c1-25-20-8-7-16(15-18(20)21)19(24)9-10-22-11-13-23(14-12-22)17-5-3-2-4-6-17/h2-8,15H,9-14,21H2,1H3. The molecule has 5 heteroatoms. The highest BCUT2D eigenvalue weighted by Crippen LogP contribution is 2.22. The van der Waals surface area contributed by atoms with Gasteiger partial charge in [-0.3, -0.25) is 9.69 Å². The van der Waals surface area contributed by atoms with E-state index in [1.165, 1.54) is 5.69 Å². The minimum absolute atomic E-state index is 0.125. The second-order valence-electron chi connectivity index (χ2n) is 6.29. The Morgan fingerprint density at radius 2 is 1.80 bits per heavy atom. The van der Waals surface area contributed by atoms with Crippen LogP contribution >= 0.6 is 0 Å². The van der Waals surface area contributed by atoms with E-state index >= 15 is 0 Å². The highest BCUT2D eigenvalue weighted by atomic mass is 16.5. The lowest BCUT2D eigenvalue weighted by molar-refractivity contribution is 0.0962. The van der Waals surface area contributed by atoms with Gasteiger partial charge in [-0.1, -0.05) is 18.2 Å². The van der Waals surface area contributed by atoms with Crippen LogP contribution in [0.4, 0.5) is 11.4 Å². The fourth-order valence-corrected chi connectivity index (χ4v) is 3.18. The second-order valence-corrected chi connectivity index (χ2v) is 6.29. The third-order valence-corrected chi connectivity index (χ3v) is 4.70. The van der Waals surface area contributed by atoms with Crippen LogP contribution in [0.15, 0.2) is 48.5 Å². The van der Waals surface area contributed by atoms with Gasteiger partial charge in [-0.05, 0) is 30.3 Å². The fourth-order valence-electron chi connectivity index (χ4n) is 3.18. The molecule has 0 aromatic heterocycles. The summed E-state index contributed by atoms with van der Waals surface area (Å²) < 4.78 is 5.13. The van der Waals surface area contributed by atoms with Gasteiger partial charge in [-0.15, -0.1) is 0 Å². The number of nitrogen functional groups attached to an aromatic ring is 1. The highest BCUT2D eigenvalue weighted by Gasteiger charge is 2.18. The molecule has 2 N–H and O–H groups in total. The molecule has 1 aliphatic heterocycles. The number of hydrogen-bond donors (Lipinski definition) is 1. The number of Topliss-reactive ketones (excluding diaryl/α,β-unsaturated/α-hetero) is 1. The van der Waals surface area contributed by atoms with Crippen LogP contribution in [0.3, 0.4) is 0 Å². The van der Waals surface area contributed by atoms with E-state index in [0.29, 0.717) is 23.4 Å². The highest BCUT2D eigenvalue weighted by molar-refractivity contribution is 5.97. The Morgan fingerprint density at radius 1 is 1.08 bits per heavy atom. The molecule has 25 heavy (non-hydrogen) atoms. The number of carbonyl (C=O) groups excluding carboxylic acids is 1. The Labute approximate surface area is 149 Å². The van der Waals surface area contributed by atoms with Gasteiger partial charge in [0, 0.05) is 50.4 Å². The normalized spacial score (nSPS) is 15.2. The van der Waals surface area contributed by atoms with E-state index in [1.54, 1.807) is 25.3 Å². The summed E-state index contributed by atoms with van der Waals surface area (Å²) >= 11 is 0. The zero-order valence-corrected chi connectivity index (χ0v) is 14.6. The van der Waals surface area contributed by atoms with Gasteiger partial charge in [0.05, 0.1) is 12.8 Å². The van der Waals surface area contributed by atoms with Crippen LogP contribution in [0.1, 0.15) is 16.8 Å². The molecule has 1 fully saturated rings. The first-order chi connectivity index (χ1) is 12.2. The van der Waals surface area contributed by atoms with Gasteiger partial charge in [0.25, 0.3) is 0 Å². The van der Waals surface area contributed by atoms with Crippen LogP contribution in [-0.4, -0.2) is 50.5 Å². The quantitative estimate of drug-likeness (QED) is 0.648. The van der Waals surface area contributed by atoms with Gasteiger partial charge in [0.15, 0.2) is 5.78 Å². The molecule has 0 unspecified atom stereocenters. The van der Waals surface area contributed by atoms with Crippen molar-refractivity contribution >= 4 is 17.2 Å². The molecule has 0 aliphatic carbocycles. The van der Waals surface area contributed by atoms with Crippen LogP contribution in [-0.2, 0) is 0 Å². The van der Waals surface area contributed by atoms with Crippen LogP contribution in [0.25, 0.3) is 0 Å². The summed E-state index contributed by atoms with van der Waals surface area (Å²) in [7, 11) is 1.57. The minimum atomic E-state index is 0.125. The number of ketones is 1. The van der Waals surface area contributed by atoms with E-state index in [4.69, 9.17) is 10.5 Å². The van der Waals surface area contributed by atoms with E-state index in [-0.39, 0.29) is 5.78 Å². The molecule has 0 radical (unpaired) electrons. The van der Waals surface area contributed by atoms with E-state index in [0.717, 1.165) is 32.7 Å². The van der Waals surface area contributed by atoms with Gasteiger partial charge >= 0.3 is 0 Å². The molecule has 0 saturated carbocycles. The maximum absolute atomic E-state index is 12.4. The summed E-state index contributed by atoms with van der Waals surface area (Å²) in [5.41, 5.74) is 8.31. The Kier molecular flexibility index (Phi) is 5.56. The number of nitrogens with zero attached hydrogens (tertiary/aromatic N) is 2. The van der Waals surface area contributed by atoms with Gasteiger partial charge in [-0.2, -0.15) is 0 Å². The zero-order valence-electron chi connectivity index (χ0n) is 14.6. The van der Waals surface area contributed by atoms with Crippen molar-refractivity contribution in [1.29, 1.82) is 0 Å². The SMILES string of the molecule is COc1ccc(C(=O)CCN2CCN(c3ccccc3)CC2)cc1N. The van der Waals surface area contributed by atoms with Crippen molar-refractivity contribution in [2.24, 2.45) is 0 Å². The number of rotatable bonds is 6. The number of nitrogens with two attached hydrogens (primary N) is 1. The maximum Gasteiger partial charge on any atom is 0.164 e. The van der Waals surface area contributed by atoms with E-state index in [2.05, 4.69) is 34.1 Å². The van der Waals surface area contributed by atoms with Crippen molar-refractivity contribution < 1.29 is 9.53 Å². The first-order valence-corrected chi connectivity index (χ1v) is 8.66. The third-order valence-electron chi connectivity index (χ3n) is 4.70. The van der Waals surface area contributed by atoms with Crippen molar-refractivity contribution in [2.75, 3.05) is 50.5 Å². The molecule has 2 aromatic rings. The molecule has 0 atom stereocenters. The lowest BCUT2D eigenvalue weighted by atomic mass is 10.1. The summed E-state index contributed by atoms with van der Waals surface area (Å²) in [6.07, 6.45) is 0.511. The maximum atomic E-state index is 12.4. The van der Waals surface area contributed by atoms with Gasteiger partial charge < -0.3 is 15.4 Å². The molecule has 1 heterocycles. The Morgan fingerprint density at radius 3 is 2.44 bits per heavy atom. The molecule has 5 nitrogen and oxygen atoms in total. The van der Waals surface area contributed by atoms with Gasteiger partial charge in [-0.25, -0.2) is 0 Å². The minimum Gasteiger partial charge on any atom is -0.495 e. The average Bonchev–Trinajstić information content (AvgIpc) is 2.67. The monoisotopic (exact) mass is 339 g/mol. The predicted molar refractivity (Wildman–Crippen MR) is 101 cm³/mol. The van der Waals surface area contributed by atoms with Gasteiger partial charge in [0.1, 0.15) is 5.75 Å². The summed E-state index contributed by atoms with van der Waals surface area (Å²) in [5, 5.41) is 0. The van der Waals surface area contributed by atoms with E-state index in [1.807, 2.05) is 6.07 Å². The van der Waals surface area contributed by atoms with Gasteiger partial charge in [0.2, 0.25) is 0 Å². The third kappa shape index (κ3) is 4.31. The number of methoxy groups -OCH3 is 1. The summed E-state index contributed by atoms with van der Waals surface area (Å²) in [5.74, 6) is 0.730. The molecule has 0 spiro atoms. The van der Waals surface area contributed by atoms with E-state index in [9.17, 15) is 4.79 Å². The molecular weight excluding hydrogens is 314 g/mol. The van der Waals surface area contributed by atoms with Crippen molar-refractivity contribution in [2.45, 2.75) is 6.42 Å². The van der Waals surface area contributed by atoms with Crippen LogP contribution in [0, 0.1) is 0 Å². The lowest BCUT2D eigenvalue weighted by Crippen LogP contribution is -2.46.